The van der Waals surface area contributed by atoms with E-state index in [9.17, 15) is 0 Å². The summed E-state index contributed by atoms with van der Waals surface area (Å²) in [6.07, 6.45) is 0. The Kier molecular flexibility index (Phi) is 18.7. The molecule has 0 saturated carbocycles. The van der Waals surface area contributed by atoms with Gasteiger partial charge in [0.1, 0.15) is 0 Å². The first-order valence-corrected chi connectivity index (χ1v) is 18.3. The molecule has 0 radical (unpaired) electrons. The van der Waals surface area contributed by atoms with Gasteiger partial charge in [0.25, 0.3) is 0 Å². The molecule has 0 aliphatic rings. The Morgan fingerprint density at radius 1 is 0.400 bits per heavy atom. The zero-order valence-electron chi connectivity index (χ0n) is 28.1. The van der Waals surface area contributed by atoms with E-state index in [1.807, 2.05) is 127 Å². The van der Waals surface area contributed by atoms with Crippen LogP contribution in [0.1, 0.15) is 0 Å². The SMILES string of the molecule is CN(C)[PH](N=NC(N=N[PH](N(C)C)(N(C)C)N(C)C)(N=N[PH](N(C)C)(N(C)C)N(C)C)OP)(N(C)C)N(C)C.I. The molecule has 1 unspecified atom stereocenters. The molecular formula is C19H60IN15OP4. The van der Waals surface area contributed by atoms with Crippen molar-refractivity contribution >= 4 is 57.0 Å². The van der Waals surface area contributed by atoms with Crippen molar-refractivity contribution in [2.24, 2.45) is 30.0 Å². The predicted molar refractivity (Wildman–Crippen MR) is 192 cm³/mol. The van der Waals surface area contributed by atoms with Crippen molar-refractivity contribution in [2.45, 2.75) is 5.97 Å². The summed E-state index contributed by atoms with van der Waals surface area (Å²) in [5.74, 6) is -1.87. The second-order valence-corrected chi connectivity index (χ2v) is 23.6. The van der Waals surface area contributed by atoms with E-state index >= 15 is 0 Å². The average Bonchev–Trinajstić information content (AvgIpc) is 2.77. The van der Waals surface area contributed by atoms with Crippen LogP contribution in [0, 0.1) is 0 Å². The molecule has 0 saturated heterocycles. The summed E-state index contributed by atoms with van der Waals surface area (Å²) in [5, 5.41) is 14.1. The van der Waals surface area contributed by atoms with E-state index in [-0.39, 0.29) is 24.0 Å². The number of hydrogen-bond acceptors (Lipinski definition) is 16. The third-order valence-corrected chi connectivity index (χ3v) is 18.7. The number of rotatable bonds is 16. The van der Waals surface area contributed by atoms with E-state index in [0.717, 1.165) is 0 Å². The summed E-state index contributed by atoms with van der Waals surface area (Å²) < 4.78 is 24.6. The van der Waals surface area contributed by atoms with Gasteiger partial charge < -0.3 is 0 Å². The number of halogens is 1. The van der Waals surface area contributed by atoms with Crippen molar-refractivity contribution < 1.29 is 4.52 Å². The zero-order chi connectivity index (χ0) is 31.1. The first kappa shape index (κ1) is 43.0. The monoisotopic (exact) mass is 765 g/mol. The van der Waals surface area contributed by atoms with E-state index in [1.165, 1.54) is 0 Å². The van der Waals surface area contributed by atoms with Crippen molar-refractivity contribution in [1.29, 1.82) is 0 Å². The van der Waals surface area contributed by atoms with Crippen molar-refractivity contribution in [3.05, 3.63) is 0 Å². The second-order valence-electron chi connectivity index (χ2n) is 11.1. The van der Waals surface area contributed by atoms with Crippen molar-refractivity contribution in [1.82, 2.24) is 42.0 Å². The maximum absolute atomic E-state index is 5.88. The second kappa shape index (κ2) is 17.4. The van der Waals surface area contributed by atoms with Crippen molar-refractivity contribution in [3.8, 4) is 0 Å². The van der Waals surface area contributed by atoms with Gasteiger partial charge >= 0.3 is 242 Å². The molecule has 1 atom stereocenters. The van der Waals surface area contributed by atoms with Gasteiger partial charge in [0.2, 0.25) is 0 Å². The van der Waals surface area contributed by atoms with Gasteiger partial charge in [-0.3, -0.25) is 0 Å². The molecule has 0 aromatic carbocycles. The average molecular weight is 766 g/mol. The molecule has 0 aromatic rings. The molecule has 0 N–H and O–H groups in total. The maximum atomic E-state index is 5.88. The molecule has 0 aliphatic carbocycles. The Labute approximate surface area is 265 Å². The minimum Gasteiger partial charge on any atom is -0.107 e. The summed E-state index contributed by atoms with van der Waals surface area (Å²) in [5.41, 5.74) is 0. The Balaban J connectivity index is 0. The topological polar surface area (TPSA) is 113 Å². The van der Waals surface area contributed by atoms with Crippen LogP contribution in [-0.4, -0.2) is 175 Å². The van der Waals surface area contributed by atoms with Crippen LogP contribution >= 0.6 is 57.0 Å². The Bertz CT molecular complexity index is 672. The van der Waals surface area contributed by atoms with Crippen LogP contribution in [0.2, 0.25) is 0 Å². The van der Waals surface area contributed by atoms with Crippen molar-refractivity contribution in [3.63, 3.8) is 0 Å². The van der Waals surface area contributed by atoms with Gasteiger partial charge in [0, 0.05) is 0 Å². The molecule has 0 heterocycles. The third kappa shape index (κ3) is 8.95. The Morgan fingerprint density at radius 2 is 0.550 bits per heavy atom. The molecule has 16 nitrogen and oxygen atoms in total. The number of nitrogens with zero attached hydrogens (tertiary/aromatic N) is 15. The summed E-state index contributed by atoms with van der Waals surface area (Å²) >= 11 is 0. The molecule has 0 spiro atoms. The summed E-state index contributed by atoms with van der Waals surface area (Å²) in [4.78, 5) is 14.7. The number of hydrogen-bond donors (Lipinski definition) is 0. The normalized spacial score (nSPS) is 17.4. The van der Waals surface area contributed by atoms with Gasteiger partial charge in [0.05, 0.1) is 0 Å². The smallest absolute Gasteiger partial charge is 0.107 e. The van der Waals surface area contributed by atoms with Crippen LogP contribution < -0.4 is 0 Å². The Morgan fingerprint density at radius 3 is 0.650 bits per heavy atom. The molecule has 21 heteroatoms. The third-order valence-electron chi connectivity index (χ3n) is 6.50. The summed E-state index contributed by atoms with van der Waals surface area (Å²) in [7, 11) is 29.6. The maximum Gasteiger partial charge on any atom is -0.107 e. The molecule has 0 amide bonds. The van der Waals surface area contributed by atoms with Crippen LogP contribution in [-0.2, 0) is 4.52 Å². The van der Waals surface area contributed by atoms with Gasteiger partial charge in [-0.25, -0.2) is 0 Å². The predicted octanol–water partition coefficient (Wildman–Crippen LogP) is 3.66. The van der Waals surface area contributed by atoms with E-state index in [1.54, 1.807) is 0 Å². The molecule has 40 heavy (non-hydrogen) atoms. The minimum absolute atomic E-state index is 0. The minimum atomic E-state index is -2.81. The van der Waals surface area contributed by atoms with Crippen LogP contribution in [0.25, 0.3) is 0 Å². The first-order valence-electron chi connectivity index (χ1n) is 12.4. The Hall–Kier alpha value is 0.850. The summed E-state index contributed by atoms with van der Waals surface area (Å²) in [6, 6.07) is 0. The van der Waals surface area contributed by atoms with Crippen LogP contribution in [0.3, 0.4) is 0 Å². The van der Waals surface area contributed by atoms with E-state index in [2.05, 4.69) is 51.5 Å². The van der Waals surface area contributed by atoms with Gasteiger partial charge in [-0.05, 0) is 0 Å². The fourth-order valence-electron chi connectivity index (χ4n) is 4.93. The van der Waals surface area contributed by atoms with E-state index in [0.29, 0.717) is 0 Å². The van der Waals surface area contributed by atoms with Crippen LogP contribution in [0.5, 0.6) is 0 Å². The fraction of sp³-hybridized carbons (Fsp3) is 1.00. The zero-order valence-corrected chi connectivity index (χ0v) is 34.6. The van der Waals surface area contributed by atoms with Gasteiger partial charge in [-0.2, -0.15) is 0 Å². The van der Waals surface area contributed by atoms with Crippen LogP contribution in [0.4, 0.5) is 0 Å². The molecule has 244 valence electrons. The van der Waals surface area contributed by atoms with Gasteiger partial charge in [-0.1, -0.05) is 0 Å². The largest absolute Gasteiger partial charge is 0.107 e. The van der Waals surface area contributed by atoms with E-state index in [4.69, 9.17) is 34.5 Å². The molecular weight excluding hydrogens is 705 g/mol. The molecule has 0 aliphatic heterocycles. The first-order chi connectivity index (χ1) is 17.7. The molecule has 0 aromatic heterocycles. The standard InChI is InChI=1S/C19H59N15OP4.HI/c1-26(2)37(27(3)4,28(5)6)23-20-19(35-36,21-24-38(29(7)8,30(9)10)31(11)12)22-25-39(32(13)14,33(15)16)34(17)18;/h37-39H,36H2,1-18H3;1H. The quantitative estimate of drug-likeness (QED) is 0.131. The van der Waals surface area contributed by atoms with Gasteiger partial charge in [0.15, 0.2) is 0 Å². The van der Waals surface area contributed by atoms with Gasteiger partial charge in [-0.15, -0.1) is 24.0 Å². The van der Waals surface area contributed by atoms with Crippen LogP contribution in [0.15, 0.2) is 30.0 Å². The molecule has 0 bridgehead atoms. The molecule has 0 rings (SSSR count). The van der Waals surface area contributed by atoms with Crippen molar-refractivity contribution in [2.75, 3.05) is 127 Å². The molecule has 0 fully saturated rings. The fourth-order valence-corrected chi connectivity index (χ4v) is 14.7. The summed E-state index contributed by atoms with van der Waals surface area (Å²) in [6.45, 7) is 0. The van der Waals surface area contributed by atoms with E-state index < -0.39 is 29.6 Å².